The van der Waals surface area contributed by atoms with E-state index in [2.05, 4.69) is 36.5 Å². The number of aryl methyl sites for hydroxylation is 1. The lowest BCUT2D eigenvalue weighted by Gasteiger charge is -2.28. The zero-order valence-electron chi connectivity index (χ0n) is 12.9. The van der Waals surface area contributed by atoms with Crippen molar-refractivity contribution in [2.45, 2.75) is 45.3 Å². The molecule has 1 rings (SSSR count). The van der Waals surface area contributed by atoms with E-state index in [1.165, 1.54) is 5.56 Å². The van der Waals surface area contributed by atoms with Crippen LogP contribution in [0.1, 0.15) is 38.3 Å². The Morgan fingerprint density at radius 3 is 2.40 bits per heavy atom. The molecule has 112 valence electrons. The maximum atomic E-state index is 12.0. The number of methoxy groups -OCH3 is 1. The van der Waals surface area contributed by atoms with Gasteiger partial charge in [-0.25, -0.2) is 0 Å². The monoisotopic (exact) mass is 278 g/mol. The highest BCUT2D eigenvalue weighted by Crippen LogP contribution is 2.21. The van der Waals surface area contributed by atoms with Crippen LogP contribution in [0.3, 0.4) is 0 Å². The van der Waals surface area contributed by atoms with Crippen molar-refractivity contribution >= 4 is 5.91 Å². The highest BCUT2D eigenvalue weighted by atomic mass is 16.5. The standard InChI is InChI=1S/C16H26N2O2/c1-5-12-6-8-13(9-7-12)16(2,3)18-15(19)10-14(11-17)20-4/h6-9,14H,5,10-11,17H2,1-4H3,(H,18,19). The van der Waals surface area contributed by atoms with Crippen molar-refractivity contribution in [2.24, 2.45) is 5.73 Å². The van der Waals surface area contributed by atoms with Gasteiger partial charge in [-0.3, -0.25) is 4.79 Å². The molecule has 3 N–H and O–H groups in total. The molecule has 4 nitrogen and oxygen atoms in total. The number of carbonyl (C=O) groups is 1. The van der Waals surface area contributed by atoms with Gasteiger partial charge in [-0.15, -0.1) is 0 Å². The average molecular weight is 278 g/mol. The first kappa shape index (κ1) is 16.7. The molecule has 1 amide bonds. The zero-order valence-corrected chi connectivity index (χ0v) is 12.9. The molecule has 20 heavy (non-hydrogen) atoms. The third-order valence-electron chi connectivity index (χ3n) is 3.55. The van der Waals surface area contributed by atoms with Crippen LogP contribution in [0.2, 0.25) is 0 Å². The van der Waals surface area contributed by atoms with E-state index in [4.69, 9.17) is 10.5 Å². The van der Waals surface area contributed by atoms with Crippen LogP contribution in [-0.4, -0.2) is 25.7 Å². The Balaban J connectivity index is 2.70. The number of nitrogens with two attached hydrogens (primary N) is 1. The Hall–Kier alpha value is -1.39. The summed E-state index contributed by atoms with van der Waals surface area (Å²) in [5, 5.41) is 3.03. The molecule has 0 aromatic heterocycles. The summed E-state index contributed by atoms with van der Waals surface area (Å²) in [4.78, 5) is 12.0. The van der Waals surface area contributed by atoms with Crippen molar-refractivity contribution in [3.63, 3.8) is 0 Å². The second-order valence-electron chi connectivity index (χ2n) is 5.52. The minimum atomic E-state index is -0.407. The maximum absolute atomic E-state index is 12.0. The number of benzene rings is 1. The van der Waals surface area contributed by atoms with E-state index in [1.54, 1.807) is 7.11 Å². The molecule has 0 aliphatic heterocycles. The third kappa shape index (κ3) is 4.62. The molecular weight excluding hydrogens is 252 g/mol. The van der Waals surface area contributed by atoms with Gasteiger partial charge >= 0.3 is 0 Å². The van der Waals surface area contributed by atoms with Crippen LogP contribution in [0.15, 0.2) is 24.3 Å². The van der Waals surface area contributed by atoms with Gasteiger partial charge in [-0.05, 0) is 31.4 Å². The van der Waals surface area contributed by atoms with Gasteiger partial charge in [0.05, 0.1) is 18.1 Å². The van der Waals surface area contributed by atoms with Crippen molar-refractivity contribution in [3.05, 3.63) is 35.4 Å². The molecule has 1 atom stereocenters. The largest absolute Gasteiger partial charge is 0.380 e. The average Bonchev–Trinajstić information content (AvgIpc) is 2.44. The highest BCUT2D eigenvalue weighted by Gasteiger charge is 2.24. The molecule has 4 heteroatoms. The third-order valence-corrected chi connectivity index (χ3v) is 3.55. The van der Waals surface area contributed by atoms with Gasteiger partial charge in [0.1, 0.15) is 0 Å². The smallest absolute Gasteiger partial charge is 0.223 e. The minimum absolute atomic E-state index is 0.0492. The summed E-state index contributed by atoms with van der Waals surface area (Å²) in [6.45, 7) is 6.46. The summed E-state index contributed by atoms with van der Waals surface area (Å²) in [7, 11) is 1.57. The Morgan fingerprint density at radius 1 is 1.35 bits per heavy atom. The highest BCUT2D eigenvalue weighted by molar-refractivity contribution is 5.77. The Morgan fingerprint density at radius 2 is 1.95 bits per heavy atom. The van der Waals surface area contributed by atoms with Crippen molar-refractivity contribution in [1.82, 2.24) is 5.32 Å². The summed E-state index contributed by atoms with van der Waals surface area (Å²) in [5.74, 6) is -0.0492. The Bertz CT molecular complexity index is 423. The van der Waals surface area contributed by atoms with E-state index in [0.717, 1.165) is 12.0 Å². The molecule has 0 saturated heterocycles. The first-order chi connectivity index (χ1) is 9.42. The first-order valence-electron chi connectivity index (χ1n) is 7.06. The van der Waals surface area contributed by atoms with Gasteiger partial charge in [0.15, 0.2) is 0 Å². The van der Waals surface area contributed by atoms with E-state index in [-0.39, 0.29) is 18.4 Å². The number of hydrogen-bond donors (Lipinski definition) is 2. The SMILES string of the molecule is CCc1ccc(C(C)(C)NC(=O)CC(CN)OC)cc1. The minimum Gasteiger partial charge on any atom is -0.380 e. The maximum Gasteiger partial charge on any atom is 0.223 e. The van der Waals surface area contributed by atoms with E-state index < -0.39 is 5.54 Å². The second kappa shape index (κ2) is 7.41. The zero-order chi connectivity index (χ0) is 15.2. The fraction of sp³-hybridized carbons (Fsp3) is 0.562. The van der Waals surface area contributed by atoms with Crippen LogP contribution < -0.4 is 11.1 Å². The molecule has 0 radical (unpaired) electrons. The molecule has 1 aromatic carbocycles. The van der Waals surface area contributed by atoms with Crippen LogP contribution in [0.4, 0.5) is 0 Å². The Labute approximate surface area is 121 Å². The molecule has 1 aromatic rings. The van der Waals surface area contributed by atoms with Crippen molar-refractivity contribution in [2.75, 3.05) is 13.7 Å². The number of ether oxygens (including phenoxy) is 1. The number of hydrogen-bond acceptors (Lipinski definition) is 3. The van der Waals surface area contributed by atoms with E-state index in [0.29, 0.717) is 6.54 Å². The van der Waals surface area contributed by atoms with Crippen molar-refractivity contribution in [1.29, 1.82) is 0 Å². The lowest BCUT2D eigenvalue weighted by molar-refractivity contribution is -0.125. The van der Waals surface area contributed by atoms with Crippen LogP contribution in [0.5, 0.6) is 0 Å². The van der Waals surface area contributed by atoms with Crippen molar-refractivity contribution in [3.8, 4) is 0 Å². The first-order valence-corrected chi connectivity index (χ1v) is 7.06. The summed E-state index contributed by atoms with van der Waals surface area (Å²) in [6.07, 6.45) is 1.07. The van der Waals surface area contributed by atoms with Crippen LogP contribution in [-0.2, 0) is 21.5 Å². The lowest BCUT2D eigenvalue weighted by Crippen LogP contribution is -2.43. The molecular formula is C16H26N2O2. The summed E-state index contributed by atoms with van der Waals surface area (Å²) in [5.41, 5.74) is 7.50. The van der Waals surface area contributed by atoms with Crippen LogP contribution >= 0.6 is 0 Å². The number of carbonyl (C=O) groups excluding carboxylic acids is 1. The molecule has 0 fully saturated rings. The fourth-order valence-electron chi connectivity index (χ4n) is 2.10. The molecule has 0 aliphatic carbocycles. The fourth-order valence-corrected chi connectivity index (χ4v) is 2.10. The Kier molecular flexibility index (Phi) is 6.17. The quantitative estimate of drug-likeness (QED) is 0.801. The lowest BCUT2D eigenvalue weighted by atomic mass is 9.92. The molecule has 0 bridgehead atoms. The van der Waals surface area contributed by atoms with Gasteiger partial charge in [0.2, 0.25) is 5.91 Å². The van der Waals surface area contributed by atoms with Crippen molar-refractivity contribution < 1.29 is 9.53 Å². The predicted octanol–water partition coefficient (Wildman–Crippen LogP) is 1.96. The topological polar surface area (TPSA) is 64.4 Å². The van der Waals surface area contributed by atoms with Gasteiger partial charge in [0, 0.05) is 13.7 Å². The molecule has 1 unspecified atom stereocenters. The van der Waals surface area contributed by atoms with Gasteiger partial charge in [-0.2, -0.15) is 0 Å². The summed E-state index contributed by atoms with van der Waals surface area (Å²) >= 11 is 0. The van der Waals surface area contributed by atoms with Crippen LogP contribution in [0.25, 0.3) is 0 Å². The number of nitrogens with one attached hydrogen (secondary N) is 1. The predicted molar refractivity (Wildman–Crippen MR) is 81.5 cm³/mol. The second-order valence-corrected chi connectivity index (χ2v) is 5.52. The van der Waals surface area contributed by atoms with Crippen LogP contribution in [0, 0.1) is 0 Å². The molecule has 0 heterocycles. The van der Waals surface area contributed by atoms with E-state index in [9.17, 15) is 4.79 Å². The van der Waals surface area contributed by atoms with E-state index in [1.807, 2.05) is 13.8 Å². The molecule has 0 saturated carbocycles. The summed E-state index contributed by atoms with van der Waals surface area (Å²) in [6, 6.07) is 8.33. The molecule has 0 spiro atoms. The number of rotatable bonds is 7. The normalized spacial score (nSPS) is 13.1. The summed E-state index contributed by atoms with van der Waals surface area (Å²) < 4.78 is 5.13. The van der Waals surface area contributed by atoms with Gasteiger partial charge in [-0.1, -0.05) is 31.2 Å². The van der Waals surface area contributed by atoms with Gasteiger partial charge in [0.25, 0.3) is 0 Å². The van der Waals surface area contributed by atoms with Gasteiger partial charge < -0.3 is 15.8 Å². The number of amides is 1. The molecule has 0 aliphatic rings. The van der Waals surface area contributed by atoms with E-state index >= 15 is 0 Å².